The molecule has 106 valence electrons. The van der Waals surface area contributed by atoms with Crippen LogP contribution in [0.5, 0.6) is 0 Å². The molecule has 2 amide bonds. The first-order chi connectivity index (χ1) is 9.58. The summed E-state index contributed by atoms with van der Waals surface area (Å²) in [5, 5.41) is 11.1. The first-order valence-electron chi connectivity index (χ1n) is 6.24. The van der Waals surface area contributed by atoms with Crippen molar-refractivity contribution in [1.82, 2.24) is 10.2 Å². The smallest absolute Gasteiger partial charge is 0.254 e. The van der Waals surface area contributed by atoms with E-state index in [1.807, 2.05) is 0 Å². The number of amides is 2. The lowest BCUT2D eigenvalue weighted by atomic mass is 10.1. The SMILES string of the molecule is CNC(=O)CN(C)C(=O)c1cccc(C#CCCO)c1. The van der Waals surface area contributed by atoms with Crippen LogP contribution < -0.4 is 5.32 Å². The van der Waals surface area contributed by atoms with Gasteiger partial charge in [-0.2, -0.15) is 0 Å². The third-order valence-corrected chi connectivity index (χ3v) is 2.59. The van der Waals surface area contributed by atoms with Crippen molar-refractivity contribution >= 4 is 11.8 Å². The minimum absolute atomic E-state index is 0.00967. The number of aliphatic hydroxyl groups is 1. The number of aliphatic hydroxyl groups excluding tert-OH is 1. The van der Waals surface area contributed by atoms with Crippen molar-refractivity contribution < 1.29 is 14.7 Å². The van der Waals surface area contributed by atoms with Gasteiger partial charge in [0.25, 0.3) is 5.91 Å². The molecule has 0 radical (unpaired) electrons. The van der Waals surface area contributed by atoms with E-state index in [0.29, 0.717) is 17.5 Å². The molecule has 0 heterocycles. The van der Waals surface area contributed by atoms with Gasteiger partial charge in [-0.1, -0.05) is 17.9 Å². The molecule has 0 aliphatic rings. The highest BCUT2D eigenvalue weighted by Crippen LogP contribution is 2.07. The molecular weight excluding hydrogens is 256 g/mol. The van der Waals surface area contributed by atoms with E-state index in [0.717, 1.165) is 0 Å². The van der Waals surface area contributed by atoms with Crippen LogP contribution in [0.4, 0.5) is 0 Å². The zero-order valence-corrected chi connectivity index (χ0v) is 11.6. The maximum absolute atomic E-state index is 12.1. The van der Waals surface area contributed by atoms with Gasteiger partial charge in [-0.05, 0) is 18.2 Å². The quantitative estimate of drug-likeness (QED) is 0.773. The summed E-state index contributed by atoms with van der Waals surface area (Å²) in [6.45, 7) is 0.0240. The maximum Gasteiger partial charge on any atom is 0.254 e. The van der Waals surface area contributed by atoms with E-state index in [1.54, 1.807) is 31.3 Å². The van der Waals surface area contributed by atoms with Gasteiger partial charge in [-0.3, -0.25) is 9.59 Å². The molecule has 0 aliphatic heterocycles. The fraction of sp³-hybridized carbons (Fsp3) is 0.333. The van der Waals surface area contributed by atoms with E-state index in [1.165, 1.54) is 11.9 Å². The van der Waals surface area contributed by atoms with Crippen LogP contribution in [0.15, 0.2) is 24.3 Å². The van der Waals surface area contributed by atoms with Crippen LogP contribution in [-0.2, 0) is 4.79 Å². The van der Waals surface area contributed by atoms with Gasteiger partial charge in [0.1, 0.15) is 0 Å². The largest absolute Gasteiger partial charge is 0.395 e. The van der Waals surface area contributed by atoms with E-state index < -0.39 is 0 Å². The van der Waals surface area contributed by atoms with Crippen molar-refractivity contribution in [1.29, 1.82) is 0 Å². The molecule has 1 aromatic carbocycles. The molecule has 20 heavy (non-hydrogen) atoms. The maximum atomic E-state index is 12.1. The fourth-order valence-electron chi connectivity index (χ4n) is 1.54. The Balaban J connectivity index is 2.81. The first-order valence-corrected chi connectivity index (χ1v) is 6.24. The number of nitrogens with one attached hydrogen (secondary N) is 1. The fourth-order valence-corrected chi connectivity index (χ4v) is 1.54. The summed E-state index contributed by atoms with van der Waals surface area (Å²) in [5.41, 5.74) is 1.19. The molecule has 0 unspecified atom stereocenters. The van der Waals surface area contributed by atoms with Gasteiger partial charge in [0.2, 0.25) is 5.91 Å². The zero-order chi connectivity index (χ0) is 15.0. The van der Waals surface area contributed by atoms with Gasteiger partial charge in [0.15, 0.2) is 0 Å². The summed E-state index contributed by atoms with van der Waals surface area (Å²) < 4.78 is 0. The summed E-state index contributed by atoms with van der Waals surface area (Å²) >= 11 is 0. The molecule has 2 N–H and O–H groups in total. The Hall–Kier alpha value is -2.32. The average Bonchev–Trinajstić information content (AvgIpc) is 2.46. The molecule has 1 rings (SSSR count). The summed E-state index contributed by atoms with van der Waals surface area (Å²) in [7, 11) is 3.10. The summed E-state index contributed by atoms with van der Waals surface area (Å²) in [6, 6.07) is 6.89. The van der Waals surface area contributed by atoms with Crippen molar-refractivity contribution in [2.75, 3.05) is 27.2 Å². The molecule has 1 aromatic rings. The number of hydrogen-bond donors (Lipinski definition) is 2. The Morgan fingerprint density at radius 3 is 2.80 bits per heavy atom. The Morgan fingerprint density at radius 1 is 1.40 bits per heavy atom. The van der Waals surface area contributed by atoms with Crippen molar-refractivity contribution in [2.24, 2.45) is 0 Å². The first kappa shape index (κ1) is 15.7. The van der Waals surface area contributed by atoms with Crippen molar-refractivity contribution in [3.63, 3.8) is 0 Å². The summed E-state index contributed by atoms with van der Waals surface area (Å²) in [5.74, 6) is 5.21. The highest BCUT2D eigenvalue weighted by atomic mass is 16.2. The topological polar surface area (TPSA) is 69.6 Å². The second-order valence-electron chi connectivity index (χ2n) is 4.19. The normalized spacial score (nSPS) is 9.35. The monoisotopic (exact) mass is 274 g/mol. The second-order valence-corrected chi connectivity index (χ2v) is 4.19. The van der Waals surface area contributed by atoms with Gasteiger partial charge in [-0.15, -0.1) is 0 Å². The number of carbonyl (C=O) groups excluding carboxylic acids is 2. The highest BCUT2D eigenvalue weighted by Gasteiger charge is 2.14. The van der Waals surface area contributed by atoms with Gasteiger partial charge in [-0.25, -0.2) is 0 Å². The van der Waals surface area contributed by atoms with Crippen LogP contribution in [-0.4, -0.2) is 49.1 Å². The number of hydrogen-bond acceptors (Lipinski definition) is 3. The molecular formula is C15H18N2O3. The number of rotatable bonds is 4. The van der Waals surface area contributed by atoms with Gasteiger partial charge >= 0.3 is 0 Å². The second kappa shape index (κ2) is 7.97. The van der Waals surface area contributed by atoms with Crippen LogP contribution >= 0.6 is 0 Å². The molecule has 0 spiro atoms. The van der Waals surface area contributed by atoms with Crippen molar-refractivity contribution in [2.45, 2.75) is 6.42 Å². The molecule has 0 atom stereocenters. The van der Waals surface area contributed by atoms with Gasteiger partial charge in [0.05, 0.1) is 13.2 Å². The minimum atomic E-state index is -0.237. The average molecular weight is 274 g/mol. The van der Waals surface area contributed by atoms with Crippen LogP contribution in [0, 0.1) is 11.8 Å². The Labute approximate surface area is 118 Å². The van der Waals surface area contributed by atoms with E-state index in [2.05, 4.69) is 17.2 Å². The molecule has 5 heteroatoms. The molecule has 0 bridgehead atoms. The third-order valence-electron chi connectivity index (χ3n) is 2.59. The Bertz CT molecular complexity index is 544. The zero-order valence-electron chi connectivity index (χ0n) is 11.6. The van der Waals surface area contributed by atoms with Crippen LogP contribution in [0.2, 0.25) is 0 Å². The summed E-state index contributed by atoms with van der Waals surface area (Å²) in [6.07, 6.45) is 0.398. The number of carbonyl (C=O) groups is 2. The lowest BCUT2D eigenvalue weighted by molar-refractivity contribution is -0.121. The van der Waals surface area contributed by atoms with Gasteiger partial charge in [0, 0.05) is 31.6 Å². The van der Waals surface area contributed by atoms with Crippen molar-refractivity contribution in [3.05, 3.63) is 35.4 Å². The Kier molecular flexibility index (Phi) is 6.27. The van der Waals surface area contributed by atoms with Crippen LogP contribution in [0.1, 0.15) is 22.3 Å². The predicted molar refractivity (Wildman–Crippen MR) is 76.1 cm³/mol. The lowest BCUT2D eigenvalue weighted by Crippen LogP contribution is -2.36. The molecule has 0 saturated carbocycles. The van der Waals surface area contributed by atoms with Crippen molar-refractivity contribution in [3.8, 4) is 11.8 Å². The molecule has 0 fully saturated rings. The Morgan fingerprint density at radius 2 is 2.15 bits per heavy atom. The minimum Gasteiger partial charge on any atom is -0.395 e. The number of likely N-dealkylation sites (N-methyl/N-ethyl adjacent to an activating group) is 2. The predicted octanol–water partition coefficient (Wildman–Crippen LogP) is 0.238. The van der Waals surface area contributed by atoms with Crippen LogP contribution in [0.3, 0.4) is 0 Å². The molecule has 0 aliphatic carbocycles. The highest BCUT2D eigenvalue weighted by molar-refractivity contribution is 5.96. The molecule has 5 nitrogen and oxygen atoms in total. The number of benzene rings is 1. The van der Waals surface area contributed by atoms with E-state index >= 15 is 0 Å². The van der Waals surface area contributed by atoms with E-state index in [-0.39, 0.29) is 25.0 Å². The molecule has 0 saturated heterocycles. The van der Waals surface area contributed by atoms with Crippen LogP contribution in [0.25, 0.3) is 0 Å². The lowest BCUT2D eigenvalue weighted by Gasteiger charge is -2.16. The third kappa shape index (κ3) is 4.75. The van der Waals surface area contributed by atoms with Gasteiger partial charge < -0.3 is 15.3 Å². The number of nitrogens with zero attached hydrogens (tertiary/aromatic N) is 1. The van der Waals surface area contributed by atoms with E-state index in [9.17, 15) is 9.59 Å². The molecule has 0 aromatic heterocycles. The summed E-state index contributed by atoms with van der Waals surface area (Å²) in [4.78, 5) is 24.7. The van der Waals surface area contributed by atoms with E-state index in [4.69, 9.17) is 5.11 Å². The standard InChI is InChI=1S/C15H18N2O3/c1-16-14(19)11-17(2)15(20)13-8-5-7-12(10-13)6-3-4-9-18/h5,7-8,10,18H,4,9,11H2,1-2H3,(H,16,19).